The van der Waals surface area contributed by atoms with Gasteiger partial charge in [0.25, 0.3) is 0 Å². The highest BCUT2D eigenvalue weighted by molar-refractivity contribution is 5.95. The highest BCUT2D eigenvalue weighted by Crippen LogP contribution is 2.09. The van der Waals surface area contributed by atoms with Crippen LogP contribution in [-0.2, 0) is 35.2 Å². The number of H-pyrrole nitrogens is 1. The predicted molar refractivity (Wildman–Crippen MR) is 170 cm³/mol. The minimum absolute atomic E-state index is 0.101. The van der Waals surface area contributed by atoms with Gasteiger partial charge in [-0.1, -0.05) is 13.8 Å². The van der Waals surface area contributed by atoms with Crippen molar-refractivity contribution < 1.29 is 39.0 Å². The molecular weight excluding hydrogens is 618 g/mol. The number of amides is 4. The summed E-state index contributed by atoms with van der Waals surface area (Å²) in [6, 6.07) is -6.14. The smallest absolute Gasteiger partial charge is 0.326 e. The van der Waals surface area contributed by atoms with Gasteiger partial charge in [-0.05, 0) is 51.0 Å². The molecule has 0 aromatic carbocycles. The van der Waals surface area contributed by atoms with Gasteiger partial charge in [0, 0.05) is 31.3 Å². The molecule has 0 aliphatic rings. The number of aromatic nitrogens is 2. The van der Waals surface area contributed by atoms with Crippen molar-refractivity contribution in [2.24, 2.45) is 33.8 Å². The molecule has 0 aliphatic carbocycles. The molecule has 47 heavy (non-hydrogen) atoms. The van der Waals surface area contributed by atoms with Gasteiger partial charge in [0.2, 0.25) is 23.6 Å². The summed E-state index contributed by atoms with van der Waals surface area (Å²) in [5.41, 5.74) is 22.6. The summed E-state index contributed by atoms with van der Waals surface area (Å²) in [6.07, 6.45) is 3.56. The first kappa shape index (κ1) is 40.2. The third kappa shape index (κ3) is 15.9. The van der Waals surface area contributed by atoms with Crippen molar-refractivity contribution in [1.29, 1.82) is 0 Å². The molecule has 19 nitrogen and oxygen atoms in total. The number of carboxylic acid groups (broad SMARTS) is 2. The van der Waals surface area contributed by atoms with Crippen LogP contribution < -0.4 is 44.2 Å². The Morgan fingerprint density at radius 1 is 0.851 bits per heavy atom. The predicted octanol–water partition coefficient (Wildman–Crippen LogP) is -2.99. The van der Waals surface area contributed by atoms with Crippen LogP contribution >= 0.6 is 0 Å². The molecule has 0 unspecified atom stereocenters. The first-order valence-electron chi connectivity index (χ1n) is 15.3. The number of carboxylic acids is 2. The number of unbranched alkanes of at least 4 members (excludes halogenated alkanes) is 1. The Bertz CT molecular complexity index is 1200. The maximum atomic E-state index is 13.4. The van der Waals surface area contributed by atoms with Crippen LogP contribution in [0.5, 0.6) is 0 Å². The number of nitrogens with two attached hydrogens (primary N) is 4. The van der Waals surface area contributed by atoms with E-state index in [2.05, 4.69) is 36.2 Å². The molecule has 0 spiro atoms. The number of nitrogens with zero attached hydrogens (tertiary/aromatic N) is 2. The normalized spacial score (nSPS) is 14.1. The SMILES string of the molecule is CC(C)[C@H](NC(=O)[C@H](CCC(=O)O)NC(=O)[C@H](CCCCN)NC(=O)[C@@H](N)CCCN=C(N)N)C(=O)N[C@@H](Cc1cnc[nH]1)C(=O)O. The summed E-state index contributed by atoms with van der Waals surface area (Å²) in [7, 11) is 0. The Balaban J connectivity index is 3.08. The van der Waals surface area contributed by atoms with Gasteiger partial charge in [0.05, 0.1) is 12.4 Å². The van der Waals surface area contributed by atoms with Crippen molar-refractivity contribution in [2.75, 3.05) is 13.1 Å². The summed E-state index contributed by atoms with van der Waals surface area (Å²) in [5.74, 6) is -6.27. The number of hydrogen-bond acceptors (Lipinski definition) is 10. The fourth-order valence-electron chi connectivity index (χ4n) is 4.37. The molecule has 19 heteroatoms. The average Bonchev–Trinajstić information content (AvgIpc) is 3.51. The maximum Gasteiger partial charge on any atom is 0.326 e. The van der Waals surface area contributed by atoms with Crippen molar-refractivity contribution in [1.82, 2.24) is 31.2 Å². The second-order valence-electron chi connectivity index (χ2n) is 11.3. The average molecular weight is 668 g/mol. The lowest BCUT2D eigenvalue weighted by Crippen LogP contribution is -2.59. The number of aliphatic imine (C=N–C) groups is 1. The zero-order valence-electron chi connectivity index (χ0n) is 26.7. The lowest BCUT2D eigenvalue weighted by atomic mass is 10.0. The molecule has 5 atom stereocenters. The molecular formula is C28H49N11O8. The van der Waals surface area contributed by atoms with Crippen molar-refractivity contribution >= 4 is 41.5 Å². The molecule has 1 aromatic heterocycles. The maximum absolute atomic E-state index is 13.4. The first-order valence-corrected chi connectivity index (χ1v) is 15.3. The molecule has 0 saturated heterocycles. The Kier molecular flexibility index (Phi) is 18.1. The summed E-state index contributed by atoms with van der Waals surface area (Å²) < 4.78 is 0. The van der Waals surface area contributed by atoms with Crippen LogP contribution in [0.3, 0.4) is 0 Å². The van der Waals surface area contributed by atoms with Crippen LogP contribution in [0.2, 0.25) is 0 Å². The van der Waals surface area contributed by atoms with Gasteiger partial charge in [0.15, 0.2) is 5.96 Å². The molecule has 0 bridgehead atoms. The highest BCUT2D eigenvalue weighted by atomic mass is 16.4. The monoisotopic (exact) mass is 667 g/mol. The third-order valence-corrected chi connectivity index (χ3v) is 7.00. The van der Waals surface area contributed by atoms with Crippen LogP contribution in [0.1, 0.15) is 64.5 Å². The number of nitrogens with one attached hydrogen (secondary N) is 5. The minimum atomic E-state index is -1.42. The molecule has 0 fully saturated rings. The lowest BCUT2D eigenvalue weighted by molar-refractivity contribution is -0.142. The standard InChI is InChI=1S/C28H49N11O8/c1-15(2)22(26(45)38-20(27(46)47)12-16-13-33-14-35-16)39-25(44)19(8-9-21(40)41)37-24(43)18(7-3-4-10-29)36-23(42)17(30)6-5-11-34-28(31)32/h13-15,17-20,22H,3-12,29-30H2,1-2H3,(H,33,35)(H,36,42)(H,37,43)(H,38,45)(H,39,44)(H,40,41)(H,46,47)(H4,31,32,34)/t17-,18-,19-,20-,22-/m0/s1. The van der Waals surface area contributed by atoms with E-state index in [9.17, 15) is 39.0 Å². The van der Waals surface area contributed by atoms with Crippen LogP contribution in [0.15, 0.2) is 17.5 Å². The topological polar surface area (TPSA) is 336 Å². The number of aromatic amines is 1. The molecule has 0 aliphatic heterocycles. The molecule has 0 saturated carbocycles. The van der Waals surface area contributed by atoms with E-state index in [1.807, 2.05) is 0 Å². The number of guanidine groups is 1. The van der Waals surface area contributed by atoms with Gasteiger partial charge in [-0.15, -0.1) is 0 Å². The van der Waals surface area contributed by atoms with E-state index in [1.54, 1.807) is 13.8 Å². The first-order chi connectivity index (χ1) is 22.2. The van der Waals surface area contributed by atoms with Gasteiger partial charge in [-0.2, -0.15) is 0 Å². The fraction of sp³-hybridized carbons (Fsp3) is 0.643. The number of rotatable bonds is 23. The van der Waals surface area contributed by atoms with Gasteiger partial charge >= 0.3 is 11.9 Å². The van der Waals surface area contributed by atoms with Crippen LogP contribution in [0.4, 0.5) is 0 Å². The fourth-order valence-corrected chi connectivity index (χ4v) is 4.37. The molecule has 264 valence electrons. The quantitative estimate of drug-likeness (QED) is 0.0315. The lowest BCUT2D eigenvalue weighted by Gasteiger charge is -2.27. The van der Waals surface area contributed by atoms with Gasteiger partial charge in [-0.25, -0.2) is 9.78 Å². The zero-order chi connectivity index (χ0) is 35.5. The molecule has 1 rings (SSSR count). The van der Waals surface area contributed by atoms with Crippen molar-refractivity contribution in [2.45, 2.75) is 95.4 Å². The molecule has 15 N–H and O–H groups in total. The van der Waals surface area contributed by atoms with E-state index in [0.717, 1.165) is 0 Å². The Morgan fingerprint density at radius 2 is 1.47 bits per heavy atom. The number of hydrogen-bond donors (Lipinski definition) is 11. The third-order valence-electron chi connectivity index (χ3n) is 7.00. The van der Waals surface area contributed by atoms with Crippen LogP contribution in [0.25, 0.3) is 0 Å². The second kappa shape index (κ2) is 21.1. The zero-order valence-corrected chi connectivity index (χ0v) is 26.7. The number of imidazole rings is 1. The summed E-state index contributed by atoms with van der Waals surface area (Å²) in [4.78, 5) is 86.4. The molecule has 0 radical (unpaired) electrons. The summed E-state index contributed by atoms with van der Waals surface area (Å²) in [6.45, 7) is 3.81. The number of aliphatic carboxylic acids is 2. The second-order valence-corrected chi connectivity index (χ2v) is 11.3. The van der Waals surface area contributed by atoms with Gasteiger partial charge < -0.3 is 59.4 Å². The molecule has 1 aromatic rings. The van der Waals surface area contributed by atoms with E-state index in [4.69, 9.17) is 22.9 Å². The van der Waals surface area contributed by atoms with Crippen molar-refractivity contribution in [3.05, 3.63) is 18.2 Å². The van der Waals surface area contributed by atoms with Gasteiger partial charge in [0.1, 0.15) is 24.2 Å². The van der Waals surface area contributed by atoms with Crippen LogP contribution in [0, 0.1) is 5.92 Å². The molecule has 1 heterocycles. The summed E-state index contributed by atoms with van der Waals surface area (Å²) in [5, 5.41) is 28.9. The Labute approximate surface area is 272 Å². The Hall–Kier alpha value is -4.78. The van der Waals surface area contributed by atoms with E-state index < -0.39 is 78.1 Å². The van der Waals surface area contributed by atoms with Gasteiger partial charge in [-0.3, -0.25) is 29.0 Å². The highest BCUT2D eigenvalue weighted by Gasteiger charge is 2.33. The van der Waals surface area contributed by atoms with E-state index in [1.165, 1.54) is 12.5 Å². The van der Waals surface area contributed by atoms with E-state index in [-0.39, 0.29) is 38.2 Å². The van der Waals surface area contributed by atoms with Crippen molar-refractivity contribution in [3.8, 4) is 0 Å². The van der Waals surface area contributed by atoms with E-state index in [0.29, 0.717) is 31.5 Å². The number of carbonyl (C=O) groups is 6. The minimum Gasteiger partial charge on any atom is -0.481 e. The Morgan fingerprint density at radius 3 is 2.02 bits per heavy atom. The molecule has 4 amide bonds. The van der Waals surface area contributed by atoms with E-state index >= 15 is 0 Å². The number of carbonyl (C=O) groups excluding carboxylic acids is 4. The van der Waals surface area contributed by atoms with Crippen molar-refractivity contribution in [3.63, 3.8) is 0 Å². The van der Waals surface area contributed by atoms with Crippen LogP contribution in [-0.4, -0.2) is 105 Å². The largest absolute Gasteiger partial charge is 0.481 e. The summed E-state index contributed by atoms with van der Waals surface area (Å²) >= 11 is 0.